The summed E-state index contributed by atoms with van der Waals surface area (Å²) >= 11 is 1.75. The fourth-order valence-corrected chi connectivity index (χ4v) is 3.15. The summed E-state index contributed by atoms with van der Waals surface area (Å²) in [4.78, 5) is 1.28. The molecule has 0 saturated heterocycles. The third-order valence-corrected chi connectivity index (χ3v) is 4.50. The smallest absolute Gasteiger partial charge is 0.0994 e. The Hall–Kier alpha value is -1.59. The molecule has 1 nitrogen and oxygen atoms in total. The van der Waals surface area contributed by atoms with Crippen LogP contribution in [-0.4, -0.2) is 0 Å². The van der Waals surface area contributed by atoms with Gasteiger partial charge in [-0.05, 0) is 47.5 Å². The lowest BCUT2D eigenvalue weighted by atomic mass is 9.98. The Morgan fingerprint density at radius 1 is 1.10 bits per heavy atom. The standard InChI is InChI=1S/C18H21NS/c1-2-3-4-5-6-8-15-13-16(10-11-17(15)14-19)18-9-7-12-20-18/h7,9-13H,2-6,8H2,1H3. The van der Waals surface area contributed by atoms with Crippen LogP contribution in [0.5, 0.6) is 0 Å². The maximum atomic E-state index is 9.23. The lowest BCUT2D eigenvalue weighted by Crippen LogP contribution is -1.92. The number of aryl methyl sites for hydroxylation is 1. The van der Waals surface area contributed by atoms with E-state index in [2.05, 4.69) is 42.6 Å². The average Bonchev–Trinajstić information content (AvgIpc) is 3.01. The highest BCUT2D eigenvalue weighted by molar-refractivity contribution is 7.13. The van der Waals surface area contributed by atoms with Crippen molar-refractivity contribution in [2.75, 3.05) is 0 Å². The fraction of sp³-hybridized carbons (Fsp3) is 0.389. The Morgan fingerprint density at radius 2 is 1.95 bits per heavy atom. The first-order valence-corrected chi connectivity index (χ1v) is 8.30. The van der Waals surface area contributed by atoms with Crippen molar-refractivity contribution >= 4 is 11.3 Å². The maximum absolute atomic E-state index is 9.23. The van der Waals surface area contributed by atoms with Crippen LogP contribution in [0.3, 0.4) is 0 Å². The van der Waals surface area contributed by atoms with E-state index in [0.717, 1.165) is 12.0 Å². The van der Waals surface area contributed by atoms with E-state index in [1.807, 2.05) is 6.07 Å². The first kappa shape index (κ1) is 14.8. The van der Waals surface area contributed by atoms with Crippen molar-refractivity contribution in [3.05, 3.63) is 46.8 Å². The molecule has 0 aliphatic carbocycles. The number of rotatable bonds is 7. The highest BCUT2D eigenvalue weighted by Gasteiger charge is 2.06. The molecule has 1 heterocycles. The average molecular weight is 283 g/mol. The summed E-state index contributed by atoms with van der Waals surface area (Å²) in [6.07, 6.45) is 7.37. The summed E-state index contributed by atoms with van der Waals surface area (Å²) in [6.45, 7) is 2.23. The van der Waals surface area contributed by atoms with E-state index in [-0.39, 0.29) is 0 Å². The molecule has 2 heteroatoms. The van der Waals surface area contributed by atoms with Crippen LogP contribution in [0.1, 0.15) is 50.2 Å². The van der Waals surface area contributed by atoms with E-state index >= 15 is 0 Å². The molecule has 0 aliphatic heterocycles. The molecule has 1 aromatic heterocycles. The SMILES string of the molecule is CCCCCCCc1cc(-c2cccs2)ccc1C#N. The molecule has 104 valence electrons. The molecule has 0 fully saturated rings. The molecule has 0 N–H and O–H groups in total. The van der Waals surface area contributed by atoms with Crippen LogP contribution in [0.2, 0.25) is 0 Å². The van der Waals surface area contributed by atoms with E-state index in [9.17, 15) is 5.26 Å². The van der Waals surface area contributed by atoms with Crippen molar-refractivity contribution in [3.8, 4) is 16.5 Å². The summed E-state index contributed by atoms with van der Waals surface area (Å²) < 4.78 is 0. The largest absolute Gasteiger partial charge is 0.192 e. The van der Waals surface area contributed by atoms with E-state index in [1.165, 1.54) is 48.1 Å². The molecule has 0 atom stereocenters. The number of unbranched alkanes of at least 4 members (excludes halogenated alkanes) is 4. The van der Waals surface area contributed by atoms with E-state index in [4.69, 9.17) is 0 Å². The first-order valence-electron chi connectivity index (χ1n) is 7.42. The molecular weight excluding hydrogens is 262 g/mol. The predicted molar refractivity (Wildman–Crippen MR) is 86.9 cm³/mol. The van der Waals surface area contributed by atoms with Crippen LogP contribution in [0.4, 0.5) is 0 Å². The van der Waals surface area contributed by atoms with Crippen LogP contribution in [0.25, 0.3) is 10.4 Å². The second kappa shape index (κ2) is 7.87. The van der Waals surface area contributed by atoms with Crippen LogP contribution < -0.4 is 0 Å². The van der Waals surface area contributed by atoms with Crippen molar-refractivity contribution < 1.29 is 0 Å². The van der Waals surface area contributed by atoms with E-state index < -0.39 is 0 Å². The Labute approximate surface area is 125 Å². The highest BCUT2D eigenvalue weighted by Crippen LogP contribution is 2.27. The van der Waals surface area contributed by atoms with Crippen LogP contribution in [0, 0.1) is 11.3 Å². The monoisotopic (exact) mass is 283 g/mol. The zero-order chi connectivity index (χ0) is 14.2. The Bertz CT molecular complexity index is 564. The summed E-state index contributed by atoms with van der Waals surface area (Å²) in [5.74, 6) is 0. The van der Waals surface area contributed by atoms with Gasteiger partial charge in [0.2, 0.25) is 0 Å². The van der Waals surface area contributed by atoms with Crippen molar-refractivity contribution in [3.63, 3.8) is 0 Å². The number of nitrogens with zero attached hydrogens (tertiary/aromatic N) is 1. The number of hydrogen-bond acceptors (Lipinski definition) is 2. The minimum absolute atomic E-state index is 0.834. The van der Waals surface area contributed by atoms with Crippen molar-refractivity contribution in [1.29, 1.82) is 5.26 Å². The molecule has 1 aromatic carbocycles. The number of hydrogen-bond donors (Lipinski definition) is 0. The van der Waals surface area contributed by atoms with Crippen LogP contribution in [0.15, 0.2) is 35.7 Å². The van der Waals surface area contributed by atoms with Gasteiger partial charge in [0.15, 0.2) is 0 Å². The van der Waals surface area contributed by atoms with E-state index in [0.29, 0.717) is 0 Å². The Balaban J connectivity index is 2.06. The zero-order valence-corrected chi connectivity index (χ0v) is 12.9. The lowest BCUT2D eigenvalue weighted by Gasteiger charge is -2.07. The number of benzene rings is 1. The van der Waals surface area contributed by atoms with Gasteiger partial charge >= 0.3 is 0 Å². The molecule has 0 amide bonds. The summed E-state index contributed by atoms with van der Waals surface area (Å²) in [5.41, 5.74) is 3.28. The topological polar surface area (TPSA) is 23.8 Å². The lowest BCUT2D eigenvalue weighted by molar-refractivity contribution is 0.632. The van der Waals surface area contributed by atoms with Gasteiger partial charge in [0.1, 0.15) is 0 Å². The van der Waals surface area contributed by atoms with Crippen LogP contribution >= 0.6 is 11.3 Å². The Kier molecular flexibility index (Phi) is 5.83. The van der Waals surface area contributed by atoms with Gasteiger partial charge in [-0.1, -0.05) is 44.7 Å². The molecule has 0 spiro atoms. The van der Waals surface area contributed by atoms with E-state index in [1.54, 1.807) is 11.3 Å². The quantitative estimate of drug-likeness (QED) is 0.589. The third-order valence-electron chi connectivity index (χ3n) is 3.58. The molecule has 20 heavy (non-hydrogen) atoms. The van der Waals surface area contributed by atoms with Gasteiger partial charge in [0, 0.05) is 4.88 Å². The minimum atomic E-state index is 0.834. The zero-order valence-electron chi connectivity index (χ0n) is 12.1. The molecule has 0 radical (unpaired) electrons. The second-order valence-corrected chi connectivity index (χ2v) is 6.07. The molecule has 0 unspecified atom stereocenters. The maximum Gasteiger partial charge on any atom is 0.0994 e. The molecule has 0 saturated carbocycles. The first-order chi connectivity index (χ1) is 9.85. The predicted octanol–water partition coefficient (Wildman–Crippen LogP) is 5.80. The minimum Gasteiger partial charge on any atom is -0.192 e. The third kappa shape index (κ3) is 3.95. The van der Waals surface area contributed by atoms with Crippen molar-refractivity contribution in [2.45, 2.75) is 45.4 Å². The summed E-state index contributed by atoms with van der Waals surface area (Å²) in [5, 5.41) is 11.3. The molecular formula is C18H21NS. The summed E-state index contributed by atoms with van der Waals surface area (Å²) in [7, 11) is 0. The number of nitriles is 1. The number of thiophene rings is 1. The van der Waals surface area contributed by atoms with Crippen LogP contribution in [-0.2, 0) is 6.42 Å². The summed E-state index contributed by atoms with van der Waals surface area (Å²) in [6, 6.07) is 12.8. The van der Waals surface area contributed by atoms with Gasteiger partial charge in [-0.3, -0.25) is 0 Å². The molecule has 2 rings (SSSR count). The normalized spacial score (nSPS) is 10.4. The highest BCUT2D eigenvalue weighted by atomic mass is 32.1. The van der Waals surface area contributed by atoms with Gasteiger partial charge in [0.05, 0.1) is 11.6 Å². The van der Waals surface area contributed by atoms with Gasteiger partial charge < -0.3 is 0 Å². The molecule has 2 aromatic rings. The molecule has 0 bridgehead atoms. The Morgan fingerprint density at radius 3 is 2.65 bits per heavy atom. The second-order valence-electron chi connectivity index (χ2n) is 5.13. The fourth-order valence-electron chi connectivity index (χ4n) is 2.42. The van der Waals surface area contributed by atoms with Gasteiger partial charge in [-0.25, -0.2) is 0 Å². The van der Waals surface area contributed by atoms with Gasteiger partial charge in [-0.2, -0.15) is 5.26 Å². The van der Waals surface area contributed by atoms with Crippen molar-refractivity contribution in [1.82, 2.24) is 0 Å². The van der Waals surface area contributed by atoms with Crippen molar-refractivity contribution in [2.24, 2.45) is 0 Å². The molecule has 0 aliphatic rings. The van der Waals surface area contributed by atoms with Gasteiger partial charge in [-0.15, -0.1) is 11.3 Å². The van der Waals surface area contributed by atoms with Gasteiger partial charge in [0.25, 0.3) is 0 Å².